The highest BCUT2D eigenvalue weighted by Crippen LogP contribution is 2.32. The molecule has 0 unspecified atom stereocenters. The monoisotopic (exact) mass is 404 g/mol. The predicted octanol–water partition coefficient (Wildman–Crippen LogP) is 4.05. The standard InChI is InChI=1S/C18H20N4OS3/c1-11-16(25-12(2)19-11)17(23)21-6-8-22(9-7-21)18-20-14-5-4-13(24-3)10-15(14)26-18/h4-5,10H,6-9H2,1-3H3. The summed E-state index contributed by atoms with van der Waals surface area (Å²) in [7, 11) is 0. The number of nitrogens with zero attached hydrogens (tertiary/aromatic N) is 4. The van der Waals surface area contributed by atoms with Gasteiger partial charge in [-0.1, -0.05) is 11.3 Å². The van der Waals surface area contributed by atoms with E-state index in [1.807, 2.05) is 18.7 Å². The molecule has 4 rings (SSSR count). The van der Waals surface area contributed by atoms with Crippen LogP contribution in [0.25, 0.3) is 10.2 Å². The van der Waals surface area contributed by atoms with Crippen LogP contribution < -0.4 is 4.90 Å². The van der Waals surface area contributed by atoms with Gasteiger partial charge in [0.15, 0.2) is 5.13 Å². The van der Waals surface area contributed by atoms with E-state index in [1.165, 1.54) is 20.9 Å². The maximum absolute atomic E-state index is 12.8. The third-order valence-electron chi connectivity index (χ3n) is 4.52. The molecule has 2 aromatic heterocycles. The van der Waals surface area contributed by atoms with Crippen molar-refractivity contribution in [1.29, 1.82) is 0 Å². The lowest BCUT2D eigenvalue weighted by Crippen LogP contribution is -2.48. The van der Waals surface area contributed by atoms with Crippen LogP contribution in [-0.4, -0.2) is 53.2 Å². The summed E-state index contributed by atoms with van der Waals surface area (Å²) < 4.78 is 1.22. The average molecular weight is 405 g/mol. The quantitative estimate of drug-likeness (QED) is 0.616. The first-order valence-electron chi connectivity index (χ1n) is 8.48. The van der Waals surface area contributed by atoms with Crippen LogP contribution in [0.2, 0.25) is 0 Å². The zero-order chi connectivity index (χ0) is 18.3. The van der Waals surface area contributed by atoms with Crippen molar-refractivity contribution in [3.05, 3.63) is 33.8 Å². The molecular weight excluding hydrogens is 384 g/mol. The van der Waals surface area contributed by atoms with E-state index in [0.29, 0.717) is 0 Å². The summed E-state index contributed by atoms with van der Waals surface area (Å²) in [5.41, 5.74) is 1.90. The Kier molecular flexibility index (Phi) is 4.90. The highest BCUT2D eigenvalue weighted by atomic mass is 32.2. The summed E-state index contributed by atoms with van der Waals surface area (Å²) in [6.45, 7) is 6.94. The second kappa shape index (κ2) is 7.17. The Hall–Kier alpha value is -1.64. The van der Waals surface area contributed by atoms with Crippen molar-refractivity contribution in [1.82, 2.24) is 14.9 Å². The van der Waals surface area contributed by atoms with Gasteiger partial charge in [-0.2, -0.15) is 0 Å². The molecule has 3 aromatic rings. The molecule has 0 atom stereocenters. The van der Waals surface area contributed by atoms with E-state index >= 15 is 0 Å². The number of thioether (sulfide) groups is 1. The molecule has 1 aromatic carbocycles. The van der Waals surface area contributed by atoms with Crippen molar-refractivity contribution < 1.29 is 4.79 Å². The topological polar surface area (TPSA) is 49.3 Å². The number of piperazine rings is 1. The van der Waals surface area contributed by atoms with Gasteiger partial charge in [-0.15, -0.1) is 23.1 Å². The maximum Gasteiger partial charge on any atom is 0.265 e. The van der Waals surface area contributed by atoms with E-state index in [-0.39, 0.29) is 5.91 Å². The lowest BCUT2D eigenvalue weighted by atomic mass is 10.3. The van der Waals surface area contributed by atoms with Gasteiger partial charge in [0.1, 0.15) is 4.88 Å². The second-order valence-corrected chi connectivity index (χ2v) is 9.35. The lowest BCUT2D eigenvalue weighted by Gasteiger charge is -2.34. The fraction of sp³-hybridized carbons (Fsp3) is 0.389. The number of carbonyl (C=O) groups is 1. The van der Waals surface area contributed by atoms with E-state index in [0.717, 1.165) is 52.4 Å². The smallest absolute Gasteiger partial charge is 0.265 e. The number of anilines is 1. The highest BCUT2D eigenvalue weighted by Gasteiger charge is 2.26. The number of aromatic nitrogens is 2. The maximum atomic E-state index is 12.8. The minimum atomic E-state index is 0.113. The van der Waals surface area contributed by atoms with Crippen LogP contribution in [-0.2, 0) is 0 Å². The molecule has 1 aliphatic heterocycles. The first-order chi connectivity index (χ1) is 12.5. The Morgan fingerprint density at radius 1 is 1.12 bits per heavy atom. The molecule has 1 saturated heterocycles. The van der Waals surface area contributed by atoms with Crippen LogP contribution >= 0.6 is 34.4 Å². The molecule has 1 fully saturated rings. The number of benzene rings is 1. The third-order valence-corrected chi connectivity index (χ3v) is 7.38. The van der Waals surface area contributed by atoms with Gasteiger partial charge in [0.25, 0.3) is 5.91 Å². The second-order valence-electron chi connectivity index (χ2n) is 6.26. The molecule has 1 aliphatic rings. The van der Waals surface area contributed by atoms with Gasteiger partial charge in [-0.05, 0) is 38.3 Å². The van der Waals surface area contributed by atoms with E-state index < -0.39 is 0 Å². The molecule has 26 heavy (non-hydrogen) atoms. The zero-order valence-corrected chi connectivity index (χ0v) is 17.4. The van der Waals surface area contributed by atoms with E-state index in [2.05, 4.69) is 34.3 Å². The van der Waals surface area contributed by atoms with Crippen LogP contribution in [0.5, 0.6) is 0 Å². The molecule has 0 bridgehead atoms. The summed E-state index contributed by atoms with van der Waals surface area (Å²) in [6, 6.07) is 6.41. The number of carbonyl (C=O) groups excluding carboxylic acids is 1. The van der Waals surface area contributed by atoms with Crippen molar-refractivity contribution in [3.63, 3.8) is 0 Å². The van der Waals surface area contributed by atoms with Crippen molar-refractivity contribution in [2.45, 2.75) is 18.7 Å². The van der Waals surface area contributed by atoms with Crippen LogP contribution in [0.15, 0.2) is 23.1 Å². The zero-order valence-electron chi connectivity index (χ0n) is 15.0. The van der Waals surface area contributed by atoms with Gasteiger partial charge in [-0.3, -0.25) is 4.79 Å². The molecule has 5 nitrogen and oxygen atoms in total. The van der Waals surface area contributed by atoms with Gasteiger partial charge < -0.3 is 9.80 Å². The third kappa shape index (κ3) is 3.33. The molecule has 3 heterocycles. The number of hydrogen-bond acceptors (Lipinski definition) is 7. The molecule has 136 valence electrons. The van der Waals surface area contributed by atoms with Gasteiger partial charge in [0, 0.05) is 31.1 Å². The SMILES string of the molecule is CSc1ccc2nc(N3CCN(C(=O)c4sc(C)nc4C)CC3)sc2c1. The largest absolute Gasteiger partial charge is 0.345 e. The fourth-order valence-corrected chi connectivity index (χ4v) is 5.59. The Morgan fingerprint density at radius 3 is 2.54 bits per heavy atom. The molecule has 0 radical (unpaired) electrons. The van der Waals surface area contributed by atoms with Crippen molar-refractivity contribution in [3.8, 4) is 0 Å². The first kappa shape index (κ1) is 17.8. The summed E-state index contributed by atoms with van der Waals surface area (Å²) >= 11 is 4.98. The van der Waals surface area contributed by atoms with Crippen LogP contribution in [0.3, 0.4) is 0 Å². The predicted molar refractivity (Wildman–Crippen MR) is 111 cm³/mol. The van der Waals surface area contributed by atoms with E-state index in [9.17, 15) is 4.79 Å². The van der Waals surface area contributed by atoms with Crippen molar-refractivity contribution in [2.24, 2.45) is 0 Å². The lowest BCUT2D eigenvalue weighted by molar-refractivity contribution is 0.0750. The summed E-state index contributed by atoms with van der Waals surface area (Å²) in [5.74, 6) is 0.113. The Bertz CT molecular complexity index is 957. The van der Waals surface area contributed by atoms with Gasteiger partial charge in [0.05, 0.1) is 20.9 Å². The molecular formula is C18H20N4OS3. The van der Waals surface area contributed by atoms with E-state index in [1.54, 1.807) is 23.1 Å². The minimum absolute atomic E-state index is 0.113. The van der Waals surface area contributed by atoms with Crippen LogP contribution in [0, 0.1) is 13.8 Å². The fourth-order valence-electron chi connectivity index (χ4n) is 3.13. The number of thiazole rings is 2. The number of amides is 1. The molecule has 0 spiro atoms. The molecule has 0 N–H and O–H groups in total. The average Bonchev–Trinajstić information content (AvgIpc) is 3.23. The number of rotatable bonds is 3. The molecule has 0 aliphatic carbocycles. The van der Waals surface area contributed by atoms with Gasteiger partial charge >= 0.3 is 0 Å². The first-order valence-corrected chi connectivity index (χ1v) is 11.3. The highest BCUT2D eigenvalue weighted by molar-refractivity contribution is 7.98. The van der Waals surface area contributed by atoms with Crippen molar-refractivity contribution in [2.75, 3.05) is 37.3 Å². The van der Waals surface area contributed by atoms with Crippen LogP contribution in [0.4, 0.5) is 5.13 Å². The Labute approximate surface area is 165 Å². The molecule has 0 saturated carbocycles. The van der Waals surface area contributed by atoms with Crippen LogP contribution in [0.1, 0.15) is 20.4 Å². The minimum Gasteiger partial charge on any atom is -0.345 e. The number of fused-ring (bicyclic) bond motifs is 1. The Morgan fingerprint density at radius 2 is 1.88 bits per heavy atom. The summed E-state index contributed by atoms with van der Waals surface area (Å²) in [6.07, 6.45) is 2.09. The summed E-state index contributed by atoms with van der Waals surface area (Å²) in [5, 5.41) is 2.00. The number of aryl methyl sites for hydroxylation is 2. The van der Waals surface area contributed by atoms with E-state index in [4.69, 9.17) is 4.98 Å². The molecule has 1 amide bonds. The van der Waals surface area contributed by atoms with Gasteiger partial charge in [0.2, 0.25) is 0 Å². The summed E-state index contributed by atoms with van der Waals surface area (Å²) in [4.78, 5) is 28.2. The molecule has 8 heteroatoms. The van der Waals surface area contributed by atoms with Gasteiger partial charge in [-0.25, -0.2) is 9.97 Å². The number of hydrogen-bond donors (Lipinski definition) is 0. The normalized spacial score (nSPS) is 15.0. The Balaban J connectivity index is 1.46. The van der Waals surface area contributed by atoms with Crippen molar-refractivity contribution >= 4 is 55.7 Å².